The number of aliphatic carboxylic acids is 1. The quantitative estimate of drug-likeness (QED) is 0.341. The van der Waals surface area contributed by atoms with Crippen LogP contribution in [0, 0.1) is 19.7 Å². The first kappa shape index (κ1) is 23.1. The minimum absolute atomic E-state index is 0.126. The fourth-order valence-corrected chi connectivity index (χ4v) is 5.35. The molecule has 11 heteroatoms. The molecule has 0 saturated heterocycles. The standard InChI is InChI=1S/C22H16F4N2O3S2/c1-10-5-15(20-16(6-10)32-18(28-20)8-19(29)30)31-9-17-11(2)27-21(33-17)12-3-4-13(14(23)7-12)22(24,25)26/h3-7H,8-9H2,1-2H3,(H,29,30)/p+1. The molecular weight excluding hydrogens is 480 g/mol. The Morgan fingerprint density at radius 2 is 1.94 bits per heavy atom. The molecule has 172 valence electrons. The Bertz CT molecular complexity index is 1360. The van der Waals surface area contributed by atoms with Crippen molar-refractivity contribution >= 4 is 38.9 Å². The van der Waals surface area contributed by atoms with Gasteiger partial charge in [-0.3, -0.25) is 4.79 Å². The summed E-state index contributed by atoms with van der Waals surface area (Å²) >= 11 is 2.55. The van der Waals surface area contributed by atoms with E-state index in [0.717, 1.165) is 21.2 Å². The summed E-state index contributed by atoms with van der Waals surface area (Å²) in [7, 11) is 0. The highest BCUT2D eigenvalue weighted by Gasteiger charge is 2.34. The molecule has 0 spiro atoms. The van der Waals surface area contributed by atoms with Crippen molar-refractivity contribution in [2.45, 2.75) is 33.1 Å². The fourth-order valence-electron chi connectivity index (χ4n) is 3.26. The van der Waals surface area contributed by atoms with Crippen LogP contribution in [-0.4, -0.2) is 16.1 Å². The number of nitrogens with one attached hydrogen (secondary N) is 1. The molecule has 0 saturated carbocycles. The van der Waals surface area contributed by atoms with Gasteiger partial charge < -0.3 is 9.84 Å². The maximum atomic E-state index is 14.0. The van der Waals surface area contributed by atoms with E-state index in [1.165, 1.54) is 28.7 Å². The summed E-state index contributed by atoms with van der Waals surface area (Å²) in [4.78, 5) is 19.2. The van der Waals surface area contributed by atoms with Gasteiger partial charge in [0.1, 0.15) is 28.6 Å². The number of alkyl halides is 3. The summed E-state index contributed by atoms with van der Waals surface area (Å²) in [6, 6.07) is 6.51. The number of rotatable bonds is 6. The maximum absolute atomic E-state index is 14.0. The average Bonchev–Trinajstić information content (AvgIpc) is 3.27. The number of fused-ring (bicyclic) bond motifs is 1. The Kier molecular flexibility index (Phi) is 6.10. The van der Waals surface area contributed by atoms with E-state index in [2.05, 4.69) is 9.97 Å². The molecule has 5 nitrogen and oxygen atoms in total. The topological polar surface area (TPSA) is 73.6 Å². The molecule has 0 amide bonds. The van der Waals surface area contributed by atoms with Gasteiger partial charge in [0, 0.05) is 5.56 Å². The van der Waals surface area contributed by atoms with Crippen molar-refractivity contribution in [3.05, 3.63) is 62.9 Å². The molecule has 0 atom stereocenters. The summed E-state index contributed by atoms with van der Waals surface area (Å²) < 4.78 is 59.3. The molecule has 0 aliphatic rings. The predicted molar refractivity (Wildman–Crippen MR) is 116 cm³/mol. The molecule has 0 aliphatic heterocycles. The third kappa shape index (κ3) is 4.98. The van der Waals surface area contributed by atoms with Gasteiger partial charge >= 0.3 is 12.1 Å². The van der Waals surface area contributed by atoms with Gasteiger partial charge in [0.2, 0.25) is 5.01 Å². The molecule has 0 bridgehead atoms. The van der Waals surface area contributed by atoms with E-state index in [1.54, 1.807) is 6.92 Å². The molecule has 0 fully saturated rings. The Morgan fingerprint density at radius 1 is 1.18 bits per heavy atom. The number of aromatic nitrogens is 2. The summed E-state index contributed by atoms with van der Waals surface area (Å²) in [5.74, 6) is -1.74. The first-order valence-corrected chi connectivity index (χ1v) is 11.3. The minimum atomic E-state index is -4.76. The molecule has 2 heterocycles. The highest BCUT2D eigenvalue weighted by Crippen LogP contribution is 2.36. The van der Waals surface area contributed by atoms with Crippen LogP contribution in [0.25, 0.3) is 20.8 Å². The van der Waals surface area contributed by atoms with Crippen LogP contribution < -0.4 is 9.72 Å². The van der Waals surface area contributed by atoms with Crippen molar-refractivity contribution in [2.24, 2.45) is 0 Å². The van der Waals surface area contributed by atoms with Gasteiger partial charge in [0.15, 0.2) is 5.75 Å². The van der Waals surface area contributed by atoms with Gasteiger partial charge in [-0.05, 0) is 43.7 Å². The number of carbonyl (C=O) groups is 1. The smallest absolute Gasteiger partial charge is 0.419 e. The zero-order valence-electron chi connectivity index (χ0n) is 17.3. The van der Waals surface area contributed by atoms with Crippen molar-refractivity contribution in [3.63, 3.8) is 0 Å². The zero-order chi connectivity index (χ0) is 23.9. The lowest BCUT2D eigenvalue weighted by Gasteiger charge is -2.08. The van der Waals surface area contributed by atoms with E-state index in [4.69, 9.17) is 9.84 Å². The number of halogens is 4. The number of hydrogen-bond acceptors (Lipinski definition) is 5. The number of ether oxygens (including phenoxy) is 1. The van der Waals surface area contributed by atoms with Crippen LogP contribution in [0.5, 0.6) is 5.75 Å². The molecule has 2 aromatic carbocycles. The number of thiazole rings is 2. The molecule has 0 radical (unpaired) electrons. The number of carboxylic acid groups (broad SMARTS) is 1. The molecule has 2 N–H and O–H groups in total. The van der Waals surface area contributed by atoms with E-state index in [1.807, 2.05) is 19.1 Å². The minimum Gasteiger partial charge on any atom is -0.481 e. The van der Waals surface area contributed by atoms with Gasteiger partial charge in [-0.1, -0.05) is 17.4 Å². The molecule has 2 aromatic heterocycles. The predicted octanol–water partition coefficient (Wildman–Crippen LogP) is 5.82. The van der Waals surface area contributed by atoms with E-state index in [-0.39, 0.29) is 18.6 Å². The van der Waals surface area contributed by atoms with Gasteiger partial charge in [0.05, 0.1) is 16.1 Å². The summed E-state index contributed by atoms with van der Waals surface area (Å²) in [6.07, 6.45) is -4.89. The third-order valence-electron chi connectivity index (χ3n) is 4.79. The van der Waals surface area contributed by atoms with Crippen LogP contribution in [-0.2, 0) is 24.0 Å². The third-order valence-corrected chi connectivity index (χ3v) is 7.01. The zero-order valence-corrected chi connectivity index (χ0v) is 19.0. The van der Waals surface area contributed by atoms with E-state index >= 15 is 0 Å². The highest BCUT2D eigenvalue weighted by molar-refractivity contribution is 7.18. The number of H-pyrrole nitrogens is 1. The summed E-state index contributed by atoms with van der Waals surface area (Å²) in [6.45, 7) is 3.79. The Labute approximate surface area is 193 Å². The number of aryl methyl sites for hydroxylation is 2. The molecule has 0 unspecified atom stereocenters. The van der Waals surface area contributed by atoms with Crippen molar-refractivity contribution in [2.75, 3.05) is 0 Å². The van der Waals surface area contributed by atoms with E-state index in [9.17, 15) is 22.4 Å². The summed E-state index contributed by atoms with van der Waals surface area (Å²) in [5.41, 5.74) is 1.19. The molecule has 4 aromatic rings. The average molecular weight is 498 g/mol. The Hall–Kier alpha value is -3.05. The van der Waals surface area contributed by atoms with Crippen molar-refractivity contribution in [1.29, 1.82) is 0 Å². The lowest BCUT2D eigenvalue weighted by Crippen LogP contribution is -2.11. The van der Waals surface area contributed by atoms with Crippen LogP contribution >= 0.6 is 22.7 Å². The second-order valence-electron chi connectivity index (χ2n) is 7.37. The molecule has 4 rings (SSSR count). The maximum Gasteiger partial charge on any atom is 0.419 e. The first-order chi connectivity index (χ1) is 15.5. The molecular formula is C22H17F4N2O3S2+. The SMILES string of the molecule is Cc1cc(OCc2sc(-c3ccc(C(F)(F)F)c(F)c3)nc2C)c2[nH+]c(CC(=O)O)sc2c1. The van der Waals surface area contributed by atoms with Crippen LogP contribution in [0.2, 0.25) is 0 Å². The van der Waals surface area contributed by atoms with Crippen molar-refractivity contribution < 1.29 is 37.2 Å². The van der Waals surface area contributed by atoms with Crippen LogP contribution in [0.4, 0.5) is 17.6 Å². The molecule has 33 heavy (non-hydrogen) atoms. The lowest BCUT2D eigenvalue weighted by molar-refractivity contribution is -0.350. The molecule has 0 aliphatic carbocycles. The van der Waals surface area contributed by atoms with Gasteiger partial charge in [-0.2, -0.15) is 18.2 Å². The number of carboxylic acids is 1. The van der Waals surface area contributed by atoms with Crippen molar-refractivity contribution in [1.82, 2.24) is 4.98 Å². The number of aromatic amines is 1. The van der Waals surface area contributed by atoms with E-state index < -0.39 is 23.5 Å². The van der Waals surface area contributed by atoms with Gasteiger partial charge in [-0.25, -0.2) is 9.37 Å². The first-order valence-electron chi connectivity index (χ1n) is 9.64. The lowest BCUT2D eigenvalue weighted by atomic mass is 10.1. The van der Waals surface area contributed by atoms with Crippen LogP contribution in [0.1, 0.15) is 26.7 Å². The van der Waals surface area contributed by atoms with Crippen molar-refractivity contribution in [3.8, 4) is 16.3 Å². The normalized spacial score (nSPS) is 11.8. The van der Waals surface area contributed by atoms with Crippen LogP contribution in [0.3, 0.4) is 0 Å². The monoisotopic (exact) mass is 497 g/mol. The summed E-state index contributed by atoms with van der Waals surface area (Å²) in [5, 5.41) is 10.0. The van der Waals surface area contributed by atoms with E-state index in [0.29, 0.717) is 33.0 Å². The second-order valence-corrected chi connectivity index (χ2v) is 9.59. The second kappa shape index (κ2) is 8.71. The number of benzene rings is 2. The van der Waals surface area contributed by atoms with Crippen LogP contribution in [0.15, 0.2) is 30.3 Å². The fraction of sp³-hybridized carbons (Fsp3) is 0.227. The van der Waals surface area contributed by atoms with Gasteiger partial charge in [-0.15, -0.1) is 11.3 Å². The highest BCUT2D eigenvalue weighted by atomic mass is 32.1. The van der Waals surface area contributed by atoms with Gasteiger partial charge in [0.25, 0.3) is 5.52 Å². The Morgan fingerprint density at radius 3 is 2.61 bits per heavy atom. The Balaban J connectivity index is 1.58. The largest absolute Gasteiger partial charge is 0.481 e. The number of hydrogen-bond donors (Lipinski definition) is 1. The number of nitrogens with zero attached hydrogens (tertiary/aromatic N) is 1.